The van der Waals surface area contributed by atoms with Gasteiger partial charge in [-0.25, -0.2) is 23.4 Å². The van der Waals surface area contributed by atoms with Gasteiger partial charge in [-0.2, -0.15) is 0 Å². The highest BCUT2D eigenvalue weighted by molar-refractivity contribution is 7.93. The normalized spacial score (nSPS) is 14.2. The van der Waals surface area contributed by atoms with Crippen molar-refractivity contribution in [1.29, 1.82) is 0 Å². The SMILES string of the molecule is COc1cccc(-c2nnc(NS(=O)(=O)C(C)C(OC)c3ncc(Cl)cn3)n2C(C)c2cncs2)n1. The van der Waals surface area contributed by atoms with E-state index >= 15 is 0 Å². The van der Waals surface area contributed by atoms with Crippen molar-refractivity contribution in [2.24, 2.45) is 0 Å². The fraction of sp³-hybridized carbons (Fsp3) is 0.333. The smallest absolute Gasteiger partial charge is 0.240 e. The molecule has 0 saturated carbocycles. The molecule has 0 aliphatic heterocycles. The third-order valence-corrected chi connectivity index (χ3v) is 8.24. The predicted octanol–water partition coefficient (Wildman–Crippen LogP) is 3.38. The van der Waals surface area contributed by atoms with Crippen LogP contribution in [0.25, 0.3) is 11.5 Å². The lowest BCUT2D eigenvalue weighted by atomic mass is 10.2. The standard InChI is InChI=1S/C21H23ClN8O4S2/c1-12(16-10-23-11-35-16)30-20(15-6-5-7-17(26-15)33-3)27-28-21(30)29-36(31,32)13(2)18(34-4)19-24-8-14(22)9-25-19/h5-13,18H,1-4H3,(H,28,29). The largest absolute Gasteiger partial charge is 0.481 e. The first-order valence-electron chi connectivity index (χ1n) is 10.6. The second-order valence-corrected chi connectivity index (χ2v) is 11.0. The average Bonchev–Trinajstić information content (AvgIpc) is 3.55. The van der Waals surface area contributed by atoms with E-state index in [1.807, 2.05) is 6.92 Å². The minimum atomic E-state index is -4.06. The molecule has 1 N–H and O–H groups in total. The van der Waals surface area contributed by atoms with Gasteiger partial charge in [0, 0.05) is 36.6 Å². The van der Waals surface area contributed by atoms with Crippen molar-refractivity contribution in [3.8, 4) is 17.4 Å². The van der Waals surface area contributed by atoms with Gasteiger partial charge in [-0.15, -0.1) is 21.5 Å². The van der Waals surface area contributed by atoms with Crippen LogP contribution >= 0.6 is 22.9 Å². The minimum Gasteiger partial charge on any atom is -0.481 e. The summed E-state index contributed by atoms with van der Waals surface area (Å²) in [5.74, 6) is 0.924. The molecule has 12 nitrogen and oxygen atoms in total. The zero-order valence-electron chi connectivity index (χ0n) is 19.7. The van der Waals surface area contributed by atoms with Crippen molar-refractivity contribution in [3.63, 3.8) is 0 Å². The lowest BCUT2D eigenvalue weighted by molar-refractivity contribution is 0.0950. The molecule has 4 aromatic rings. The van der Waals surface area contributed by atoms with Crippen LogP contribution in [0.4, 0.5) is 5.95 Å². The van der Waals surface area contributed by atoms with Crippen LogP contribution in [0.1, 0.15) is 36.7 Å². The van der Waals surface area contributed by atoms with Crippen LogP contribution in [0.15, 0.2) is 42.3 Å². The van der Waals surface area contributed by atoms with E-state index in [0.29, 0.717) is 22.4 Å². The van der Waals surface area contributed by atoms with Gasteiger partial charge in [0.15, 0.2) is 11.6 Å². The number of nitrogens with one attached hydrogen (secondary N) is 1. The lowest BCUT2D eigenvalue weighted by Gasteiger charge is -2.23. The zero-order valence-corrected chi connectivity index (χ0v) is 22.1. The number of rotatable bonds is 10. The van der Waals surface area contributed by atoms with Gasteiger partial charge < -0.3 is 9.47 Å². The Bertz CT molecular complexity index is 1410. The molecule has 0 spiro atoms. The van der Waals surface area contributed by atoms with E-state index < -0.39 is 21.4 Å². The molecule has 4 rings (SSSR count). The third kappa shape index (κ3) is 5.31. The highest BCUT2D eigenvalue weighted by Gasteiger charge is 2.35. The molecule has 15 heteroatoms. The van der Waals surface area contributed by atoms with E-state index in [2.05, 4.69) is 34.9 Å². The van der Waals surface area contributed by atoms with Gasteiger partial charge in [0.05, 0.1) is 23.7 Å². The number of anilines is 1. The quantitative estimate of drug-likeness (QED) is 0.311. The van der Waals surface area contributed by atoms with Crippen molar-refractivity contribution in [2.45, 2.75) is 31.2 Å². The number of methoxy groups -OCH3 is 2. The Labute approximate surface area is 216 Å². The van der Waals surface area contributed by atoms with Crippen LogP contribution in [0.3, 0.4) is 0 Å². The number of aromatic nitrogens is 7. The molecule has 4 heterocycles. The van der Waals surface area contributed by atoms with Crippen LogP contribution in [-0.2, 0) is 14.8 Å². The summed E-state index contributed by atoms with van der Waals surface area (Å²) < 4.78 is 41.8. The molecule has 0 aliphatic carbocycles. The van der Waals surface area contributed by atoms with Gasteiger partial charge in [0.1, 0.15) is 17.0 Å². The molecule has 0 amide bonds. The maximum Gasteiger partial charge on any atom is 0.240 e. The van der Waals surface area contributed by atoms with Crippen molar-refractivity contribution >= 4 is 38.9 Å². The topological polar surface area (TPSA) is 147 Å². The molecular formula is C21H23ClN8O4S2. The fourth-order valence-electron chi connectivity index (χ4n) is 3.47. The molecule has 36 heavy (non-hydrogen) atoms. The zero-order chi connectivity index (χ0) is 25.9. The Hall–Kier alpha value is -3.20. The molecule has 190 valence electrons. The van der Waals surface area contributed by atoms with Gasteiger partial charge in [0.25, 0.3) is 0 Å². The van der Waals surface area contributed by atoms with Crippen LogP contribution in [0.2, 0.25) is 5.02 Å². The van der Waals surface area contributed by atoms with Crippen molar-refractivity contribution in [3.05, 3.63) is 58.0 Å². The Balaban J connectivity index is 1.73. The molecule has 0 aliphatic rings. The molecular weight excluding hydrogens is 528 g/mol. The first-order valence-corrected chi connectivity index (χ1v) is 13.4. The van der Waals surface area contributed by atoms with Crippen LogP contribution in [-0.4, -0.2) is 62.6 Å². The van der Waals surface area contributed by atoms with Crippen LogP contribution < -0.4 is 9.46 Å². The first-order chi connectivity index (χ1) is 17.2. The number of thiazole rings is 1. The molecule has 0 aromatic carbocycles. The number of hydrogen-bond acceptors (Lipinski definition) is 11. The monoisotopic (exact) mass is 550 g/mol. The van der Waals surface area contributed by atoms with Crippen LogP contribution in [0.5, 0.6) is 5.88 Å². The highest BCUT2D eigenvalue weighted by atomic mass is 35.5. The fourth-order valence-corrected chi connectivity index (χ4v) is 5.38. The molecule has 4 aromatic heterocycles. The Kier molecular flexibility index (Phi) is 7.78. The Morgan fingerprint density at radius 1 is 1.11 bits per heavy atom. The minimum absolute atomic E-state index is 0.00856. The first kappa shape index (κ1) is 25.9. The summed E-state index contributed by atoms with van der Waals surface area (Å²) in [5, 5.41) is 7.64. The third-order valence-electron chi connectivity index (χ3n) is 5.41. The lowest BCUT2D eigenvalue weighted by Crippen LogP contribution is -2.33. The summed E-state index contributed by atoms with van der Waals surface area (Å²) >= 11 is 7.29. The second-order valence-electron chi connectivity index (χ2n) is 7.63. The second kappa shape index (κ2) is 10.8. The van der Waals surface area contributed by atoms with Crippen molar-refractivity contribution in [2.75, 3.05) is 18.9 Å². The van der Waals surface area contributed by atoms with Gasteiger partial charge in [-0.3, -0.25) is 14.3 Å². The molecule has 0 fully saturated rings. The van der Waals surface area contributed by atoms with Gasteiger partial charge >= 0.3 is 0 Å². The highest BCUT2D eigenvalue weighted by Crippen LogP contribution is 2.32. The number of nitrogens with zero attached hydrogens (tertiary/aromatic N) is 7. The van der Waals surface area contributed by atoms with E-state index in [-0.39, 0.29) is 17.8 Å². The van der Waals surface area contributed by atoms with E-state index in [1.54, 1.807) is 34.5 Å². The van der Waals surface area contributed by atoms with Crippen LogP contribution in [0, 0.1) is 0 Å². The Morgan fingerprint density at radius 3 is 2.50 bits per heavy atom. The number of sulfonamides is 1. The summed E-state index contributed by atoms with van der Waals surface area (Å²) in [7, 11) is -1.17. The number of hydrogen-bond donors (Lipinski definition) is 1. The van der Waals surface area contributed by atoms with Gasteiger partial charge in [0.2, 0.25) is 21.9 Å². The maximum atomic E-state index is 13.4. The van der Waals surface area contributed by atoms with E-state index in [0.717, 1.165) is 4.88 Å². The molecule has 0 saturated heterocycles. The maximum absolute atomic E-state index is 13.4. The number of halogens is 1. The summed E-state index contributed by atoms with van der Waals surface area (Å²) in [4.78, 5) is 17.7. The number of pyridine rings is 1. The van der Waals surface area contributed by atoms with Gasteiger partial charge in [-0.1, -0.05) is 17.7 Å². The van der Waals surface area contributed by atoms with E-state index in [9.17, 15) is 8.42 Å². The number of ether oxygens (including phenoxy) is 2. The Morgan fingerprint density at radius 2 is 1.86 bits per heavy atom. The molecule has 0 bridgehead atoms. The predicted molar refractivity (Wildman–Crippen MR) is 135 cm³/mol. The van der Waals surface area contributed by atoms with E-state index in [4.69, 9.17) is 21.1 Å². The molecule has 3 atom stereocenters. The molecule has 0 radical (unpaired) electrons. The summed E-state index contributed by atoms with van der Waals surface area (Å²) in [6.07, 6.45) is 3.50. The summed E-state index contributed by atoms with van der Waals surface area (Å²) in [6.45, 7) is 3.38. The van der Waals surface area contributed by atoms with Crippen molar-refractivity contribution < 1.29 is 17.9 Å². The van der Waals surface area contributed by atoms with Crippen molar-refractivity contribution in [1.82, 2.24) is 34.7 Å². The summed E-state index contributed by atoms with van der Waals surface area (Å²) in [5.41, 5.74) is 2.15. The average molecular weight is 551 g/mol. The van der Waals surface area contributed by atoms with Gasteiger partial charge in [-0.05, 0) is 19.9 Å². The van der Waals surface area contributed by atoms with E-state index in [1.165, 1.54) is 44.9 Å². The summed E-state index contributed by atoms with van der Waals surface area (Å²) in [6, 6.07) is 4.84. The molecule has 3 unspecified atom stereocenters.